The predicted octanol–water partition coefficient (Wildman–Crippen LogP) is 5.42. The second-order valence-electron chi connectivity index (χ2n) is 9.78. The molecule has 0 spiro atoms. The summed E-state index contributed by atoms with van der Waals surface area (Å²) >= 11 is 0. The number of cyclic esters (lactones) is 1. The van der Waals surface area contributed by atoms with Crippen molar-refractivity contribution in [1.29, 1.82) is 0 Å². The second-order valence-corrected chi connectivity index (χ2v) is 9.78. The standard InChI is InChI=1S/C32H31NO9/c1-35-21-10-16-17-11-22(36-2)24(38-4)13-19(17)30-28(18(16)12-23(21)37-3)27(29-20(33-30)14-42-32(29)34)15-8-25(39-5)31(41-7)26(9-15)40-6/h8-13,27,33H,14H2,1-7H3. The largest absolute Gasteiger partial charge is 0.493 e. The molecule has 218 valence electrons. The lowest BCUT2D eigenvalue weighted by Gasteiger charge is -2.31. The normalized spacial score (nSPS) is 15.5. The van der Waals surface area contributed by atoms with Gasteiger partial charge in [-0.05, 0) is 63.7 Å². The molecule has 0 saturated carbocycles. The Hall–Kier alpha value is -4.99. The van der Waals surface area contributed by atoms with E-state index in [1.54, 1.807) is 49.8 Å². The maximum Gasteiger partial charge on any atom is 0.337 e. The van der Waals surface area contributed by atoms with Crippen LogP contribution in [0.2, 0.25) is 0 Å². The van der Waals surface area contributed by atoms with Crippen LogP contribution in [0.5, 0.6) is 40.2 Å². The highest BCUT2D eigenvalue weighted by Crippen LogP contribution is 2.54. The van der Waals surface area contributed by atoms with Gasteiger partial charge in [0.1, 0.15) is 6.61 Å². The Morgan fingerprint density at radius 3 is 1.60 bits per heavy atom. The number of rotatable bonds is 8. The molecule has 1 atom stereocenters. The number of ether oxygens (including phenoxy) is 8. The molecule has 1 N–H and O–H groups in total. The smallest absolute Gasteiger partial charge is 0.337 e. The van der Waals surface area contributed by atoms with Crippen LogP contribution in [0.4, 0.5) is 5.69 Å². The van der Waals surface area contributed by atoms with Crippen molar-refractivity contribution in [1.82, 2.24) is 0 Å². The molecular weight excluding hydrogens is 542 g/mol. The Kier molecular flexibility index (Phi) is 6.76. The SMILES string of the molecule is COc1cc2c3c(c4cc(OC)c(OC)cc4c2cc1OC)C(c1cc(OC)c(OC)c(OC)c1)C1=C(COC1=O)N3. The van der Waals surface area contributed by atoms with Crippen molar-refractivity contribution in [2.75, 3.05) is 61.7 Å². The number of benzene rings is 4. The molecule has 10 nitrogen and oxygen atoms in total. The number of fused-ring (bicyclic) bond motifs is 6. The number of carbonyl (C=O) groups is 1. The van der Waals surface area contributed by atoms with Gasteiger partial charge in [-0.2, -0.15) is 0 Å². The molecule has 2 aliphatic rings. The molecule has 0 fully saturated rings. The lowest BCUT2D eigenvalue weighted by molar-refractivity contribution is -0.136. The van der Waals surface area contributed by atoms with Crippen LogP contribution in [0.3, 0.4) is 0 Å². The summed E-state index contributed by atoms with van der Waals surface area (Å²) in [4.78, 5) is 13.4. The zero-order chi connectivity index (χ0) is 29.7. The lowest BCUT2D eigenvalue weighted by atomic mass is 9.77. The number of carbonyl (C=O) groups excluding carboxylic acids is 1. The average Bonchev–Trinajstić information content (AvgIpc) is 3.41. The third kappa shape index (κ3) is 3.89. The molecule has 0 saturated heterocycles. The van der Waals surface area contributed by atoms with E-state index in [1.807, 2.05) is 36.4 Å². The molecule has 0 aliphatic carbocycles. The van der Waals surface area contributed by atoms with Crippen LogP contribution >= 0.6 is 0 Å². The zero-order valence-corrected chi connectivity index (χ0v) is 24.4. The first-order valence-electron chi connectivity index (χ1n) is 13.2. The Labute approximate surface area is 242 Å². The number of nitrogens with one attached hydrogen (secondary N) is 1. The minimum absolute atomic E-state index is 0.118. The van der Waals surface area contributed by atoms with E-state index in [-0.39, 0.29) is 6.61 Å². The first-order valence-corrected chi connectivity index (χ1v) is 13.2. The quantitative estimate of drug-likeness (QED) is 0.217. The van der Waals surface area contributed by atoms with Crippen LogP contribution in [0.25, 0.3) is 21.5 Å². The maximum atomic E-state index is 13.4. The molecule has 0 radical (unpaired) electrons. The van der Waals surface area contributed by atoms with Crippen LogP contribution in [0.15, 0.2) is 47.7 Å². The summed E-state index contributed by atoms with van der Waals surface area (Å²) < 4.78 is 45.3. The van der Waals surface area contributed by atoms with Crippen LogP contribution in [0.1, 0.15) is 17.0 Å². The topological polar surface area (TPSA) is 103 Å². The average molecular weight is 574 g/mol. The highest BCUT2D eigenvalue weighted by atomic mass is 16.5. The van der Waals surface area contributed by atoms with E-state index in [1.165, 1.54) is 0 Å². The lowest BCUT2D eigenvalue weighted by Crippen LogP contribution is -2.21. The number of methoxy groups -OCH3 is 7. The molecule has 0 bridgehead atoms. The van der Waals surface area contributed by atoms with Crippen molar-refractivity contribution >= 4 is 33.2 Å². The number of hydrogen-bond donors (Lipinski definition) is 1. The van der Waals surface area contributed by atoms with Gasteiger partial charge in [-0.1, -0.05) is 0 Å². The van der Waals surface area contributed by atoms with Crippen molar-refractivity contribution in [3.63, 3.8) is 0 Å². The van der Waals surface area contributed by atoms with E-state index in [9.17, 15) is 4.79 Å². The number of anilines is 1. The number of hydrogen-bond acceptors (Lipinski definition) is 10. The molecule has 2 heterocycles. The molecule has 10 heteroatoms. The van der Waals surface area contributed by atoms with E-state index in [0.717, 1.165) is 38.4 Å². The minimum atomic E-state index is -0.557. The van der Waals surface area contributed by atoms with Crippen LogP contribution in [-0.4, -0.2) is 62.3 Å². The summed E-state index contributed by atoms with van der Waals surface area (Å²) in [6, 6.07) is 11.5. The Bertz CT molecular complexity index is 1770. The van der Waals surface area contributed by atoms with Gasteiger partial charge in [-0.3, -0.25) is 0 Å². The first-order chi connectivity index (χ1) is 20.4. The minimum Gasteiger partial charge on any atom is -0.493 e. The van der Waals surface area contributed by atoms with Gasteiger partial charge in [0.05, 0.1) is 66.7 Å². The van der Waals surface area contributed by atoms with Crippen LogP contribution < -0.4 is 38.5 Å². The zero-order valence-electron chi connectivity index (χ0n) is 24.4. The van der Waals surface area contributed by atoms with E-state index < -0.39 is 11.9 Å². The van der Waals surface area contributed by atoms with Gasteiger partial charge in [-0.15, -0.1) is 0 Å². The Morgan fingerprint density at radius 2 is 1.10 bits per heavy atom. The summed E-state index contributed by atoms with van der Waals surface area (Å²) in [5.41, 5.74) is 3.60. The van der Waals surface area contributed by atoms with Crippen molar-refractivity contribution in [2.45, 2.75) is 5.92 Å². The maximum absolute atomic E-state index is 13.4. The van der Waals surface area contributed by atoms with E-state index >= 15 is 0 Å². The molecule has 2 aliphatic heterocycles. The molecule has 4 aromatic rings. The molecule has 1 unspecified atom stereocenters. The fourth-order valence-corrected chi connectivity index (χ4v) is 6.06. The van der Waals surface area contributed by atoms with Crippen molar-refractivity contribution < 1.29 is 42.7 Å². The van der Waals surface area contributed by atoms with Gasteiger partial charge in [0.15, 0.2) is 34.5 Å². The highest BCUT2D eigenvalue weighted by Gasteiger charge is 2.41. The first kappa shape index (κ1) is 27.2. The fourth-order valence-electron chi connectivity index (χ4n) is 6.06. The molecular formula is C32H31NO9. The summed E-state index contributed by atoms with van der Waals surface area (Å²) in [6.07, 6.45) is 0. The van der Waals surface area contributed by atoms with Gasteiger partial charge in [0.25, 0.3) is 0 Å². The van der Waals surface area contributed by atoms with Gasteiger partial charge in [-0.25, -0.2) is 4.79 Å². The van der Waals surface area contributed by atoms with Crippen LogP contribution in [-0.2, 0) is 9.53 Å². The summed E-state index contributed by atoms with van der Waals surface area (Å²) in [5.74, 6) is 2.69. The van der Waals surface area contributed by atoms with Crippen molar-refractivity contribution in [3.8, 4) is 40.2 Å². The molecule has 0 aromatic heterocycles. The second kappa shape index (κ2) is 10.4. The van der Waals surface area contributed by atoms with E-state index in [4.69, 9.17) is 37.9 Å². The Balaban J connectivity index is 1.80. The summed E-state index contributed by atoms with van der Waals surface area (Å²) in [5, 5.41) is 7.02. The monoisotopic (exact) mass is 573 g/mol. The molecule has 0 amide bonds. The van der Waals surface area contributed by atoms with Gasteiger partial charge < -0.3 is 43.2 Å². The van der Waals surface area contributed by atoms with Crippen LogP contribution in [0, 0.1) is 0 Å². The fraction of sp³-hybridized carbons (Fsp3) is 0.281. The number of esters is 1. The Morgan fingerprint density at radius 1 is 0.619 bits per heavy atom. The third-order valence-electron chi connectivity index (χ3n) is 7.93. The van der Waals surface area contributed by atoms with E-state index in [0.29, 0.717) is 51.5 Å². The van der Waals surface area contributed by atoms with Crippen molar-refractivity contribution in [2.24, 2.45) is 0 Å². The molecule has 42 heavy (non-hydrogen) atoms. The summed E-state index contributed by atoms with van der Waals surface area (Å²) in [6.45, 7) is 0.118. The third-order valence-corrected chi connectivity index (χ3v) is 7.93. The molecule has 4 aromatic carbocycles. The molecule has 6 rings (SSSR count). The van der Waals surface area contributed by atoms with Gasteiger partial charge in [0.2, 0.25) is 5.75 Å². The predicted molar refractivity (Wildman–Crippen MR) is 157 cm³/mol. The summed E-state index contributed by atoms with van der Waals surface area (Å²) in [7, 11) is 11.1. The van der Waals surface area contributed by atoms with Crippen molar-refractivity contribution in [3.05, 3.63) is 58.8 Å². The van der Waals surface area contributed by atoms with Gasteiger partial charge in [0, 0.05) is 11.3 Å². The van der Waals surface area contributed by atoms with E-state index in [2.05, 4.69) is 5.32 Å². The highest BCUT2D eigenvalue weighted by molar-refractivity contribution is 6.19. The van der Waals surface area contributed by atoms with Gasteiger partial charge >= 0.3 is 5.97 Å².